The monoisotopic (exact) mass is 213 g/mol. The first-order valence-electron chi connectivity index (χ1n) is 5.61. The summed E-state index contributed by atoms with van der Waals surface area (Å²) in [4.78, 5) is 0. The van der Waals surface area contributed by atoms with Gasteiger partial charge in [-0.05, 0) is 26.0 Å². The summed E-state index contributed by atoms with van der Waals surface area (Å²) in [6, 6.07) is 0.130. The fourth-order valence-corrected chi connectivity index (χ4v) is 2.00. The van der Waals surface area contributed by atoms with Crippen molar-refractivity contribution in [1.82, 2.24) is 5.32 Å². The summed E-state index contributed by atoms with van der Waals surface area (Å²) in [6.07, 6.45) is 4.44. The number of likely N-dealkylation sites (N-methyl/N-ethyl adjacent to an activating group) is 1. The first kappa shape index (κ1) is 10.9. The minimum absolute atomic E-state index is 0.0769. The van der Waals surface area contributed by atoms with E-state index in [2.05, 4.69) is 11.4 Å². The van der Waals surface area contributed by atoms with E-state index in [1.807, 2.05) is 7.05 Å². The molecule has 4 nitrogen and oxygen atoms in total. The Balaban J connectivity index is 1.98. The van der Waals surface area contributed by atoms with E-state index in [0.29, 0.717) is 19.8 Å². The Kier molecular flexibility index (Phi) is 4.00. The Hall–Kier alpha value is -0.580. The van der Waals surface area contributed by atoms with Crippen LogP contribution in [0.25, 0.3) is 0 Å². The summed E-state index contributed by atoms with van der Waals surface area (Å²) in [5.74, 6) is 1.01. The van der Waals surface area contributed by atoms with Crippen molar-refractivity contribution in [2.24, 2.45) is 0 Å². The van der Waals surface area contributed by atoms with Gasteiger partial charge >= 0.3 is 0 Å². The topological polar surface area (TPSA) is 39.7 Å². The maximum Gasteiger partial charge on any atom is 0.112 e. The Bertz CT molecular complexity index is 224. The fraction of sp³-hybridized carbons (Fsp3) is 0.818. The summed E-state index contributed by atoms with van der Waals surface area (Å²) in [5.41, 5.74) is 0. The maximum atomic E-state index is 5.68. The standard InChI is InChI=1S/C11H19NO3/c1-12-11(9-4-2-3-5-14-9)10-8-13-6-7-15-10/h4,10-12H,2-3,5-8H2,1H3. The largest absolute Gasteiger partial charge is 0.496 e. The summed E-state index contributed by atoms with van der Waals surface area (Å²) >= 11 is 0. The quantitative estimate of drug-likeness (QED) is 0.748. The molecule has 2 aliphatic rings. The third kappa shape index (κ3) is 2.71. The SMILES string of the molecule is CNC(C1=CCCCO1)C1COCCO1. The molecular weight excluding hydrogens is 194 g/mol. The molecule has 15 heavy (non-hydrogen) atoms. The minimum Gasteiger partial charge on any atom is -0.496 e. The van der Waals surface area contributed by atoms with Crippen molar-refractivity contribution < 1.29 is 14.2 Å². The first-order chi connectivity index (χ1) is 7.42. The van der Waals surface area contributed by atoms with Crippen LogP contribution < -0.4 is 5.32 Å². The van der Waals surface area contributed by atoms with Gasteiger partial charge in [0, 0.05) is 0 Å². The number of hydrogen-bond donors (Lipinski definition) is 1. The Labute approximate surface area is 90.6 Å². The zero-order valence-corrected chi connectivity index (χ0v) is 9.20. The molecule has 0 aromatic rings. The van der Waals surface area contributed by atoms with Gasteiger partial charge in [-0.1, -0.05) is 0 Å². The smallest absolute Gasteiger partial charge is 0.112 e. The van der Waals surface area contributed by atoms with Crippen LogP contribution in [0.4, 0.5) is 0 Å². The van der Waals surface area contributed by atoms with Gasteiger partial charge in [0.15, 0.2) is 0 Å². The molecule has 2 atom stereocenters. The highest BCUT2D eigenvalue weighted by Gasteiger charge is 2.28. The van der Waals surface area contributed by atoms with Crippen LogP contribution in [0.5, 0.6) is 0 Å². The lowest BCUT2D eigenvalue weighted by Crippen LogP contribution is -2.47. The van der Waals surface area contributed by atoms with Crippen LogP contribution in [0.1, 0.15) is 12.8 Å². The lowest BCUT2D eigenvalue weighted by molar-refractivity contribution is -0.102. The molecule has 0 aliphatic carbocycles. The highest BCUT2D eigenvalue weighted by Crippen LogP contribution is 2.19. The molecule has 1 fully saturated rings. The van der Waals surface area contributed by atoms with Gasteiger partial charge in [0.2, 0.25) is 0 Å². The van der Waals surface area contributed by atoms with E-state index in [0.717, 1.165) is 25.2 Å². The minimum atomic E-state index is 0.0769. The van der Waals surface area contributed by atoms with Crippen LogP contribution in [0, 0.1) is 0 Å². The van der Waals surface area contributed by atoms with Gasteiger partial charge in [0.05, 0.1) is 32.5 Å². The van der Waals surface area contributed by atoms with Crippen molar-refractivity contribution >= 4 is 0 Å². The second kappa shape index (κ2) is 5.49. The van der Waals surface area contributed by atoms with E-state index >= 15 is 0 Å². The molecule has 0 radical (unpaired) electrons. The number of hydrogen-bond acceptors (Lipinski definition) is 4. The van der Waals surface area contributed by atoms with E-state index in [-0.39, 0.29) is 12.1 Å². The maximum absolute atomic E-state index is 5.68. The Morgan fingerprint density at radius 2 is 2.33 bits per heavy atom. The lowest BCUT2D eigenvalue weighted by Gasteiger charge is -2.32. The summed E-state index contributed by atoms with van der Waals surface area (Å²) in [6.45, 7) is 2.84. The van der Waals surface area contributed by atoms with Gasteiger partial charge in [0.25, 0.3) is 0 Å². The van der Waals surface area contributed by atoms with E-state index in [1.165, 1.54) is 0 Å². The summed E-state index contributed by atoms with van der Waals surface area (Å²) in [7, 11) is 1.93. The average Bonchev–Trinajstić information content (AvgIpc) is 2.33. The van der Waals surface area contributed by atoms with E-state index in [9.17, 15) is 0 Å². The molecule has 0 saturated carbocycles. The number of rotatable bonds is 3. The normalized spacial score (nSPS) is 29.1. The zero-order chi connectivity index (χ0) is 10.5. The van der Waals surface area contributed by atoms with Crippen LogP contribution in [-0.2, 0) is 14.2 Å². The van der Waals surface area contributed by atoms with E-state index in [1.54, 1.807) is 0 Å². The van der Waals surface area contributed by atoms with Crippen molar-refractivity contribution in [1.29, 1.82) is 0 Å². The molecule has 1 saturated heterocycles. The van der Waals surface area contributed by atoms with Crippen LogP contribution in [0.15, 0.2) is 11.8 Å². The van der Waals surface area contributed by atoms with Gasteiger partial charge < -0.3 is 19.5 Å². The molecule has 2 heterocycles. The predicted octanol–water partition coefficient (Wildman–Crippen LogP) is 0.684. The van der Waals surface area contributed by atoms with Crippen LogP contribution >= 0.6 is 0 Å². The lowest BCUT2D eigenvalue weighted by atomic mass is 10.1. The average molecular weight is 213 g/mol. The molecule has 4 heteroatoms. The van der Waals surface area contributed by atoms with Crippen LogP contribution in [-0.4, -0.2) is 45.6 Å². The highest BCUT2D eigenvalue weighted by molar-refractivity contribution is 5.08. The molecule has 2 aliphatic heterocycles. The summed E-state index contributed by atoms with van der Waals surface area (Å²) < 4.78 is 16.7. The van der Waals surface area contributed by atoms with E-state index in [4.69, 9.17) is 14.2 Å². The molecule has 0 bridgehead atoms. The molecule has 1 N–H and O–H groups in total. The van der Waals surface area contributed by atoms with Crippen molar-refractivity contribution in [3.8, 4) is 0 Å². The second-order valence-corrected chi connectivity index (χ2v) is 3.85. The Morgan fingerprint density at radius 1 is 1.40 bits per heavy atom. The van der Waals surface area contributed by atoms with Crippen molar-refractivity contribution in [2.45, 2.75) is 25.0 Å². The highest BCUT2D eigenvalue weighted by atomic mass is 16.6. The fourth-order valence-electron chi connectivity index (χ4n) is 2.00. The molecule has 86 valence electrons. The molecular formula is C11H19NO3. The van der Waals surface area contributed by atoms with E-state index < -0.39 is 0 Å². The third-order valence-corrected chi connectivity index (χ3v) is 2.79. The molecule has 2 unspecified atom stereocenters. The van der Waals surface area contributed by atoms with Crippen LogP contribution in [0.2, 0.25) is 0 Å². The molecule has 2 rings (SSSR count). The summed E-state index contributed by atoms with van der Waals surface area (Å²) in [5, 5.41) is 3.24. The number of ether oxygens (including phenoxy) is 3. The van der Waals surface area contributed by atoms with Gasteiger partial charge in [-0.25, -0.2) is 0 Å². The zero-order valence-electron chi connectivity index (χ0n) is 9.20. The van der Waals surface area contributed by atoms with Gasteiger partial charge in [0.1, 0.15) is 11.9 Å². The second-order valence-electron chi connectivity index (χ2n) is 3.85. The first-order valence-corrected chi connectivity index (χ1v) is 5.61. The molecule has 0 spiro atoms. The Morgan fingerprint density at radius 3 is 2.93 bits per heavy atom. The third-order valence-electron chi connectivity index (χ3n) is 2.79. The van der Waals surface area contributed by atoms with Crippen LogP contribution in [0.3, 0.4) is 0 Å². The molecule has 0 aromatic heterocycles. The molecule has 0 amide bonds. The molecule has 0 aromatic carbocycles. The van der Waals surface area contributed by atoms with Crippen molar-refractivity contribution in [3.63, 3.8) is 0 Å². The van der Waals surface area contributed by atoms with Crippen molar-refractivity contribution in [2.75, 3.05) is 33.5 Å². The number of nitrogens with one attached hydrogen (secondary N) is 1. The number of allylic oxidation sites excluding steroid dienone is 1. The van der Waals surface area contributed by atoms with Gasteiger partial charge in [-0.3, -0.25) is 0 Å². The predicted molar refractivity (Wildman–Crippen MR) is 56.7 cm³/mol. The van der Waals surface area contributed by atoms with Gasteiger partial charge in [-0.15, -0.1) is 0 Å². The van der Waals surface area contributed by atoms with Gasteiger partial charge in [-0.2, -0.15) is 0 Å². The van der Waals surface area contributed by atoms with Crippen molar-refractivity contribution in [3.05, 3.63) is 11.8 Å².